The third-order valence-corrected chi connectivity index (χ3v) is 2.69. The van der Waals surface area contributed by atoms with Gasteiger partial charge in [-0.1, -0.05) is 13.8 Å². The second kappa shape index (κ2) is 3.84. The van der Waals surface area contributed by atoms with Gasteiger partial charge in [0.25, 0.3) is 0 Å². The second-order valence-electron chi connectivity index (χ2n) is 4.90. The van der Waals surface area contributed by atoms with Crippen LogP contribution in [0.15, 0.2) is 18.3 Å². The van der Waals surface area contributed by atoms with Crippen molar-refractivity contribution in [2.45, 2.75) is 32.6 Å². The molecule has 0 aliphatic rings. The quantitative estimate of drug-likeness (QED) is 0.877. The highest BCUT2D eigenvalue weighted by atomic mass is 16.4. The number of nitrogens with zero attached hydrogens (tertiary/aromatic N) is 3. The molecule has 5 nitrogen and oxygen atoms in total. The molecule has 0 radical (unpaired) electrons. The fourth-order valence-electron chi connectivity index (χ4n) is 1.73. The van der Waals surface area contributed by atoms with Crippen molar-refractivity contribution in [3.8, 4) is 0 Å². The lowest BCUT2D eigenvalue weighted by molar-refractivity contribution is -0.138. The monoisotopic (exact) mass is 233 g/mol. The van der Waals surface area contributed by atoms with E-state index in [4.69, 9.17) is 5.11 Å². The maximum Gasteiger partial charge on any atom is 0.304 e. The highest BCUT2D eigenvalue weighted by molar-refractivity contribution is 5.68. The van der Waals surface area contributed by atoms with Gasteiger partial charge in [-0.3, -0.25) is 4.79 Å². The SMILES string of the molecule is Cc1ccn2nc(C(C)(C)CC(=O)O)nc2c1. The van der Waals surface area contributed by atoms with E-state index in [0.29, 0.717) is 5.82 Å². The number of rotatable bonds is 3. The number of carboxylic acid groups (broad SMARTS) is 1. The molecule has 0 aliphatic carbocycles. The summed E-state index contributed by atoms with van der Waals surface area (Å²) >= 11 is 0. The molecule has 0 atom stereocenters. The van der Waals surface area contributed by atoms with E-state index in [2.05, 4.69) is 10.1 Å². The molecule has 17 heavy (non-hydrogen) atoms. The van der Waals surface area contributed by atoms with Crippen molar-refractivity contribution in [1.82, 2.24) is 14.6 Å². The lowest BCUT2D eigenvalue weighted by Crippen LogP contribution is -2.23. The van der Waals surface area contributed by atoms with Gasteiger partial charge in [0.2, 0.25) is 0 Å². The Kier molecular flexibility index (Phi) is 2.61. The second-order valence-corrected chi connectivity index (χ2v) is 4.90. The summed E-state index contributed by atoms with van der Waals surface area (Å²) in [5.74, 6) is -0.282. The fourth-order valence-corrected chi connectivity index (χ4v) is 1.73. The molecule has 0 amide bonds. The molecule has 1 N–H and O–H groups in total. The summed E-state index contributed by atoms with van der Waals surface area (Å²) in [7, 11) is 0. The molecule has 5 heteroatoms. The lowest BCUT2D eigenvalue weighted by Gasteiger charge is -2.17. The van der Waals surface area contributed by atoms with E-state index in [1.165, 1.54) is 0 Å². The van der Waals surface area contributed by atoms with Gasteiger partial charge < -0.3 is 5.11 Å². The van der Waals surface area contributed by atoms with Crippen LogP contribution in [-0.2, 0) is 10.2 Å². The molecule has 0 saturated carbocycles. The van der Waals surface area contributed by atoms with Crippen molar-refractivity contribution in [3.05, 3.63) is 29.7 Å². The largest absolute Gasteiger partial charge is 0.481 e. The molecular weight excluding hydrogens is 218 g/mol. The minimum Gasteiger partial charge on any atom is -0.481 e. The Labute approximate surface area is 99.1 Å². The van der Waals surface area contributed by atoms with Crippen molar-refractivity contribution in [2.75, 3.05) is 0 Å². The van der Waals surface area contributed by atoms with Gasteiger partial charge in [-0.25, -0.2) is 9.50 Å². The summed E-state index contributed by atoms with van der Waals surface area (Å²) < 4.78 is 1.67. The molecule has 0 spiro atoms. The number of aryl methyl sites for hydroxylation is 1. The van der Waals surface area contributed by atoms with Gasteiger partial charge in [-0.05, 0) is 24.6 Å². The predicted octanol–water partition coefficient (Wildman–Crippen LogP) is 1.79. The first-order chi connectivity index (χ1) is 7.88. The Hall–Kier alpha value is -1.91. The number of hydrogen-bond donors (Lipinski definition) is 1. The van der Waals surface area contributed by atoms with Crippen LogP contribution in [0.1, 0.15) is 31.7 Å². The summed E-state index contributed by atoms with van der Waals surface area (Å²) in [4.78, 5) is 15.2. The smallest absolute Gasteiger partial charge is 0.304 e. The summed E-state index contributed by atoms with van der Waals surface area (Å²) in [6, 6.07) is 3.86. The molecule has 0 unspecified atom stereocenters. The molecule has 2 aromatic heterocycles. The van der Waals surface area contributed by atoms with Gasteiger partial charge >= 0.3 is 5.97 Å². The van der Waals surface area contributed by atoms with Crippen LogP contribution in [0.4, 0.5) is 0 Å². The Bertz CT molecular complexity index is 572. The van der Waals surface area contributed by atoms with Crippen molar-refractivity contribution in [1.29, 1.82) is 0 Å². The molecule has 90 valence electrons. The van der Waals surface area contributed by atoms with E-state index in [9.17, 15) is 4.79 Å². The molecule has 2 aromatic rings. The summed E-state index contributed by atoms with van der Waals surface area (Å²) in [5, 5.41) is 13.2. The van der Waals surface area contributed by atoms with E-state index in [-0.39, 0.29) is 6.42 Å². The van der Waals surface area contributed by atoms with Crippen LogP contribution >= 0.6 is 0 Å². The maximum atomic E-state index is 10.8. The van der Waals surface area contributed by atoms with Gasteiger partial charge in [0.05, 0.1) is 6.42 Å². The van der Waals surface area contributed by atoms with Crippen LogP contribution in [0.2, 0.25) is 0 Å². The van der Waals surface area contributed by atoms with E-state index in [1.807, 2.05) is 39.1 Å². The fraction of sp³-hybridized carbons (Fsp3) is 0.417. The molecule has 0 fully saturated rings. The number of carbonyl (C=O) groups is 1. The molecule has 2 rings (SSSR count). The molecule has 0 aromatic carbocycles. The van der Waals surface area contributed by atoms with Crippen molar-refractivity contribution in [2.24, 2.45) is 0 Å². The summed E-state index contributed by atoms with van der Waals surface area (Å²) in [5.41, 5.74) is 1.29. The van der Waals surface area contributed by atoms with Crippen LogP contribution in [0.25, 0.3) is 5.65 Å². The Morgan fingerprint density at radius 3 is 2.88 bits per heavy atom. The maximum absolute atomic E-state index is 10.8. The van der Waals surface area contributed by atoms with Gasteiger partial charge in [-0.2, -0.15) is 5.10 Å². The topological polar surface area (TPSA) is 67.5 Å². The summed E-state index contributed by atoms with van der Waals surface area (Å²) in [6.45, 7) is 5.66. The van der Waals surface area contributed by atoms with Crippen LogP contribution in [0.5, 0.6) is 0 Å². The first-order valence-electron chi connectivity index (χ1n) is 5.44. The molecule has 0 aliphatic heterocycles. The standard InChI is InChI=1S/C12H15N3O2/c1-8-4-5-15-9(6-8)13-11(14-15)12(2,3)7-10(16)17/h4-6H,7H2,1-3H3,(H,16,17). The first-order valence-corrected chi connectivity index (χ1v) is 5.44. The van der Waals surface area contributed by atoms with Gasteiger partial charge in [-0.15, -0.1) is 0 Å². The molecule has 0 saturated heterocycles. The third-order valence-electron chi connectivity index (χ3n) is 2.69. The van der Waals surface area contributed by atoms with Crippen molar-refractivity contribution < 1.29 is 9.90 Å². The van der Waals surface area contributed by atoms with Gasteiger partial charge in [0.1, 0.15) is 0 Å². The van der Waals surface area contributed by atoms with Crippen LogP contribution in [-0.4, -0.2) is 25.7 Å². The minimum atomic E-state index is -0.843. The molecule has 2 heterocycles. The minimum absolute atomic E-state index is 0.0167. The van der Waals surface area contributed by atoms with Crippen molar-refractivity contribution >= 4 is 11.6 Å². The van der Waals surface area contributed by atoms with Gasteiger partial charge in [0.15, 0.2) is 11.5 Å². The number of hydrogen-bond acceptors (Lipinski definition) is 3. The molecular formula is C12H15N3O2. The zero-order chi connectivity index (χ0) is 12.6. The zero-order valence-electron chi connectivity index (χ0n) is 10.1. The number of aliphatic carboxylic acids is 1. The number of fused-ring (bicyclic) bond motifs is 1. The average molecular weight is 233 g/mol. The Morgan fingerprint density at radius 2 is 2.24 bits per heavy atom. The van der Waals surface area contributed by atoms with E-state index < -0.39 is 11.4 Å². The number of pyridine rings is 1. The Balaban J connectivity index is 2.45. The zero-order valence-corrected chi connectivity index (χ0v) is 10.1. The van der Waals surface area contributed by atoms with Crippen molar-refractivity contribution in [3.63, 3.8) is 0 Å². The van der Waals surface area contributed by atoms with Crippen LogP contribution < -0.4 is 0 Å². The predicted molar refractivity (Wildman–Crippen MR) is 63.0 cm³/mol. The molecule has 0 bridgehead atoms. The van der Waals surface area contributed by atoms with E-state index in [0.717, 1.165) is 11.2 Å². The average Bonchev–Trinajstić information content (AvgIpc) is 2.58. The number of aromatic nitrogens is 3. The Morgan fingerprint density at radius 1 is 1.53 bits per heavy atom. The first kappa shape index (κ1) is 11.6. The van der Waals surface area contributed by atoms with Crippen LogP contribution in [0, 0.1) is 6.92 Å². The van der Waals surface area contributed by atoms with E-state index in [1.54, 1.807) is 4.52 Å². The van der Waals surface area contributed by atoms with Gasteiger partial charge in [0, 0.05) is 11.6 Å². The summed E-state index contributed by atoms with van der Waals surface area (Å²) in [6.07, 6.45) is 1.85. The third kappa shape index (κ3) is 2.27. The lowest BCUT2D eigenvalue weighted by atomic mass is 9.89. The number of carboxylic acids is 1. The highest BCUT2D eigenvalue weighted by Gasteiger charge is 2.28. The highest BCUT2D eigenvalue weighted by Crippen LogP contribution is 2.24. The van der Waals surface area contributed by atoms with Crippen LogP contribution in [0.3, 0.4) is 0 Å². The van der Waals surface area contributed by atoms with E-state index >= 15 is 0 Å². The normalized spacial score (nSPS) is 11.9.